The molecule has 0 spiro atoms. The van der Waals surface area contributed by atoms with Crippen LogP contribution in [-0.4, -0.2) is 33.7 Å². The fourth-order valence-electron chi connectivity index (χ4n) is 1.91. The molecule has 0 aromatic carbocycles. The molecule has 1 N–H and O–H groups in total. The zero-order valence-corrected chi connectivity index (χ0v) is 12.9. The number of rotatable bonds is 6. The third-order valence-corrected chi connectivity index (χ3v) is 4.12. The fraction of sp³-hybridized carbons (Fsp3) is 0.429. The van der Waals surface area contributed by atoms with E-state index in [2.05, 4.69) is 10.4 Å². The number of aryl methyl sites for hydroxylation is 1. The molecule has 0 bridgehead atoms. The Bertz CT molecular complexity index is 549. The highest BCUT2D eigenvalue weighted by Gasteiger charge is 2.18. The Balaban J connectivity index is 1.82. The lowest BCUT2D eigenvalue weighted by Crippen LogP contribution is -2.42. The van der Waals surface area contributed by atoms with Crippen LogP contribution in [-0.2, 0) is 24.9 Å². The molecule has 0 aliphatic carbocycles. The van der Waals surface area contributed by atoms with Crippen molar-refractivity contribution in [3.05, 3.63) is 40.3 Å². The highest BCUT2D eigenvalue weighted by Crippen LogP contribution is 2.09. The van der Waals surface area contributed by atoms with Crippen LogP contribution in [0.2, 0.25) is 0 Å². The van der Waals surface area contributed by atoms with Gasteiger partial charge in [-0.3, -0.25) is 14.4 Å². The number of likely N-dealkylation sites (N-methyl/N-ethyl adjacent to an activating group) is 1. The van der Waals surface area contributed by atoms with Crippen LogP contribution < -0.4 is 5.32 Å². The normalized spacial score (nSPS) is 12.6. The summed E-state index contributed by atoms with van der Waals surface area (Å²) in [4.78, 5) is 15.3. The fourth-order valence-corrected chi connectivity index (χ4v) is 2.56. The molecule has 0 aliphatic rings. The zero-order valence-electron chi connectivity index (χ0n) is 12.0. The minimum absolute atomic E-state index is 0.0461. The number of carbonyl (C=O) groups excluding carboxylic acids is 1. The van der Waals surface area contributed by atoms with Gasteiger partial charge in [-0.05, 0) is 25.4 Å². The lowest BCUT2D eigenvalue weighted by Gasteiger charge is -2.23. The van der Waals surface area contributed by atoms with Crippen molar-refractivity contribution in [1.82, 2.24) is 20.0 Å². The molecule has 1 unspecified atom stereocenters. The van der Waals surface area contributed by atoms with Crippen LogP contribution in [0.3, 0.4) is 0 Å². The highest BCUT2D eigenvalue weighted by atomic mass is 32.1. The lowest BCUT2D eigenvalue weighted by atomic mass is 10.2. The van der Waals surface area contributed by atoms with Crippen molar-refractivity contribution in [2.24, 2.45) is 7.05 Å². The van der Waals surface area contributed by atoms with E-state index in [0.29, 0.717) is 13.1 Å². The smallest absolute Gasteiger partial charge is 0.237 e. The van der Waals surface area contributed by atoms with E-state index >= 15 is 0 Å². The Morgan fingerprint density at radius 2 is 2.40 bits per heavy atom. The van der Waals surface area contributed by atoms with Gasteiger partial charge in [0.2, 0.25) is 5.91 Å². The third-order valence-electron chi connectivity index (χ3n) is 3.25. The van der Waals surface area contributed by atoms with Gasteiger partial charge in [-0.1, -0.05) is 6.07 Å². The number of hydrogen-bond acceptors (Lipinski definition) is 4. The van der Waals surface area contributed by atoms with Gasteiger partial charge in [0.1, 0.15) is 0 Å². The maximum Gasteiger partial charge on any atom is 0.237 e. The predicted octanol–water partition coefficient (Wildman–Crippen LogP) is 1.62. The Morgan fingerprint density at radius 1 is 1.60 bits per heavy atom. The van der Waals surface area contributed by atoms with E-state index in [0.717, 1.165) is 5.56 Å². The molecule has 1 atom stereocenters. The van der Waals surface area contributed by atoms with Crippen LogP contribution >= 0.6 is 11.3 Å². The summed E-state index contributed by atoms with van der Waals surface area (Å²) in [5, 5.41) is 9.11. The van der Waals surface area contributed by atoms with E-state index in [1.165, 1.54) is 4.88 Å². The van der Waals surface area contributed by atoms with Crippen LogP contribution in [0.25, 0.3) is 0 Å². The second-order valence-electron chi connectivity index (χ2n) is 4.91. The summed E-state index contributed by atoms with van der Waals surface area (Å²) >= 11 is 1.65. The predicted molar refractivity (Wildman–Crippen MR) is 80.3 cm³/mol. The Hall–Kier alpha value is -1.66. The summed E-state index contributed by atoms with van der Waals surface area (Å²) in [6.45, 7) is 3.23. The summed E-state index contributed by atoms with van der Waals surface area (Å²) in [6, 6.07) is 3.84. The summed E-state index contributed by atoms with van der Waals surface area (Å²) in [6.07, 6.45) is 3.79. The summed E-state index contributed by atoms with van der Waals surface area (Å²) < 4.78 is 1.77. The Kier molecular flexibility index (Phi) is 4.92. The summed E-state index contributed by atoms with van der Waals surface area (Å²) in [5.41, 5.74) is 1.10. The van der Waals surface area contributed by atoms with Crippen molar-refractivity contribution in [2.75, 3.05) is 7.05 Å². The summed E-state index contributed by atoms with van der Waals surface area (Å²) in [5.74, 6) is 0.0461. The molecule has 108 valence electrons. The van der Waals surface area contributed by atoms with Crippen LogP contribution in [0.15, 0.2) is 29.9 Å². The SMILES string of the molecule is CC(C(=O)NCc1cccs1)N(C)Cc1cnn(C)c1. The number of thiophene rings is 1. The van der Waals surface area contributed by atoms with Crippen molar-refractivity contribution >= 4 is 17.2 Å². The van der Waals surface area contributed by atoms with Crippen LogP contribution in [0.4, 0.5) is 0 Å². The quantitative estimate of drug-likeness (QED) is 0.880. The van der Waals surface area contributed by atoms with Crippen molar-refractivity contribution in [3.63, 3.8) is 0 Å². The van der Waals surface area contributed by atoms with Gasteiger partial charge in [-0.15, -0.1) is 11.3 Å². The lowest BCUT2D eigenvalue weighted by molar-refractivity contribution is -0.125. The number of amides is 1. The van der Waals surface area contributed by atoms with E-state index in [-0.39, 0.29) is 11.9 Å². The van der Waals surface area contributed by atoms with Crippen molar-refractivity contribution in [1.29, 1.82) is 0 Å². The second-order valence-corrected chi connectivity index (χ2v) is 5.94. The molecule has 0 fully saturated rings. The van der Waals surface area contributed by atoms with Crippen molar-refractivity contribution in [3.8, 4) is 0 Å². The minimum atomic E-state index is -0.171. The van der Waals surface area contributed by atoms with Gasteiger partial charge in [-0.2, -0.15) is 5.10 Å². The maximum atomic E-state index is 12.1. The average molecular weight is 292 g/mol. The van der Waals surface area contributed by atoms with E-state index in [1.807, 2.05) is 55.8 Å². The molecule has 6 heteroatoms. The van der Waals surface area contributed by atoms with E-state index < -0.39 is 0 Å². The molecule has 2 heterocycles. The van der Waals surface area contributed by atoms with Crippen LogP contribution in [0, 0.1) is 0 Å². The molecule has 20 heavy (non-hydrogen) atoms. The first-order valence-corrected chi connectivity index (χ1v) is 7.42. The maximum absolute atomic E-state index is 12.1. The number of carbonyl (C=O) groups is 1. The van der Waals surface area contributed by atoms with Crippen LogP contribution in [0.5, 0.6) is 0 Å². The van der Waals surface area contributed by atoms with Gasteiger partial charge in [-0.25, -0.2) is 0 Å². The number of nitrogens with one attached hydrogen (secondary N) is 1. The van der Waals surface area contributed by atoms with Gasteiger partial charge < -0.3 is 5.32 Å². The topological polar surface area (TPSA) is 50.2 Å². The van der Waals surface area contributed by atoms with Crippen LogP contribution in [0.1, 0.15) is 17.4 Å². The molecule has 1 amide bonds. The van der Waals surface area contributed by atoms with Gasteiger partial charge in [0.15, 0.2) is 0 Å². The molecule has 0 saturated carbocycles. The van der Waals surface area contributed by atoms with E-state index in [9.17, 15) is 4.79 Å². The Labute approximate surface area is 123 Å². The first kappa shape index (κ1) is 14.7. The van der Waals surface area contributed by atoms with E-state index in [4.69, 9.17) is 0 Å². The first-order chi connectivity index (χ1) is 9.56. The standard InChI is InChI=1S/C14H20N4OS/c1-11(14(19)15-8-13-5-4-6-20-13)17(2)9-12-7-16-18(3)10-12/h4-7,10-11H,8-9H2,1-3H3,(H,15,19). The first-order valence-electron chi connectivity index (χ1n) is 6.54. The molecule has 2 aromatic heterocycles. The van der Waals surface area contributed by atoms with Gasteiger partial charge in [0.25, 0.3) is 0 Å². The molecule has 2 aromatic rings. The molecule has 2 rings (SSSR count). The van der Waals surface area contributed by atoms with Crippen molar-refractivity contribution < 1.29 is 4.79 Å². The highest BCUT2D eigenvalue weighted by molar-refractivity contribution is 7.09. The van der Waals surface area contributed by atoms with Gasteiger partial charge in [0.05, 0.1) is 18.8 Å². The molecule has 0 saturated heterocycles. The second kappa shape index (κ2) is 6.67. The average Bonchev–Trinajstić information content (AvgIpc) is 3.06. The van der Waals surface area contributed by atoms with Crippen molar-refractivity contribution in [2.45, 2.75) is 26.1 Å². The van der Waals surface area contributed by atoms with Gasteiger partial charge in [0, 0.05) is 30.2 Å². The summed E-state index contributed by atoms with van der Waals surface area (Å²) in [7, 11) is 3.84. The molecular formula is C14H20N4OS. The van der Waals surface area contributed by atoms with Gasteiger partial charge >= 0.3 is 0 Å². The number of aromatic nitrogens is 2. The molecule has 5 nitrogen and oxygen atoms in total. The number of hydrogen-bond donors (Lipinski definition) is 1. The van der Waals surface area contributed by atoms with E-state index in [1.54, 1.807) is 16.0 Å². The third kappa shape index (κ3) is 3.91. The molecular weight excluding hydrogens is 272 g/mol. The molecule has 0 aliphatic heterocycles. The Morgan fingerprint density at radius 3 is 3.00 bits per heavy atom. The zero-order chi connectivity index (χ0) is 14.5. The number of nitrogens with zero attached hydrogens (tertiary/aromatic N) is 3. The largest absolute Gasteiger partial charge is 0.350 e. The monoisotopic (exact) mass is 292 g/mol. The molecule has 0 radical (unpaired) electrons. The minimum Gasteiger partial charge on any atom is -0.350 e.